The van der Waals surface area contributed by atoms with Gasteiger partial charge in [-0.1, -0.05) is 20.3 Å². The van der Waals surface area contributed by atoms with Crippen LogP contribution in [0.3, 0.4) is 0 Å². The molecule has 0 aromatic heterocycles. The molecule has 16 unspecified atom stereocenters. The van der Waals surface area contributed by atoms with Gasteiger partial charge in [-0.05, 0) is 191 Å². The molecule has 4 N–H and O–H groups in total. The van der Waals surface area contributed by atoms with Gasteiger partial charge in [0.25, 0.3) is 0 Å². The summed E-state index contributed by atoms with van der Waals surface area (Å²) in [7, 11) is -10.6. The Balaban J connectivity index is 0.000000320. The van der Waals surface area contributed by atoms with Gasteiger partial charge in [0.05, 0.1) is 56.4 Å². The number of epoxide rings is 2. The number of hydrogen-bond donors (Lipinski definition) is 4. The van der Waals surface area contributed by atoms with Crippen LogP contribution in [0.5, 0.6) is 0 Å². The first-order chi connectivity index (χ1) is 33.2. The lowest BCUT2D eigenvalue weighted by Crippen LogP contribution is -2.57. The fraction of sp³-hybridized carbons (Fsp3) is 1.00. The molecule has 3 aliphatic carbocycles. The Morgan fingerprint density at radius 2 is 0.930 bits per heavy atom. The largest absolute Gasteiger partial charge is 0.436 e. The molecule has 0 bridgehead atoms. The zero-order valence-electron chi connectivity index (χ0n) is 47.2. The first-order valence-electron chi connectivity index (χ1n) is 27.8. The summed E-state index contributed by atoms with van der Waals surface area (Å²) in [6.07, 6.45) is 13.4. The molecule has 0 amide bonds. The molecule has 420 valence electrons. The average Bonchev–Trinajstić information content (AvgIpc) is 4.23. The molecule has 71 heavy (non-hydrogen) atoms. The third-order valence-corrected chi connectivity index (χ3v) is 39.9. The van der Waals surface area contributed by atoms with Crippen LogP contribution in [0.25, 0.3) is 0 Å². The molecular formula is C50H106O15Si6. The van der Waals surface area contributed by atoms with Gasteiger partial charge in [0.2, 0.25) is 0 Å². The van der Waals surface area contributed by atoms with E-state index in [4.69, 9.17) is 49.0 Å². The third-order valence-electron chi connectivity index (χ3n) is 15.9. The van der Waals surface area contributed by atoms with Crippen LogP contribution in [0.4, 0.5) is 0 Å². The molecule has 3 saturated carbocycles. The van der Waals surface area contributed by atoms with Gasteiger partial charge in [-0.2, -0.15) is 0 Å². The molecule has 2 aliphatic heterocycles. The molecule has 0 radical (unpaired) electrons. The predicted octanol–water partition coefficient (Wildman–Crippen LogP) is 9.53. The van der Waals surface area contributed by atoms with Crippen molar-refractivity contribution in [3.05, 3.63) is 0 Å². The van der Waals surface area contributed by atoms with Gasteiger partial charge in [-0.3, -0.25) is 0 Å². The second kappa shape index (κ2) is 29.6. The molecule has 5 fully saturated rings. The van der Waals surface area contributed by atoms with Crippen LogP contribution in [-0.4, -0.2) is 168 Å². The summed E-state index contributed by atoms with van der Waals surface area (Å²) in [6.45, 7) is 28.5. The van der Waals surface area contributed by atoms with Crippen molar-refractivity contribution in [3.63, 3.8) is 0 Å². The monoisotopic (exact) mass is 1110 g/mol. The normalized spacial score (nSPS) is 32.2. The summed E-state index contributed by atoms with van der Waals surface area (Å²) >= 11 is 0. The maximum absolute atomic E-state index is 10.3. The van der Waals surface area contributed by atoms with Crippen molar-refractivity contribution < 1.29 is 69.4 Å². The Morgan fingerprint density at radius 1 is 0.507 bits per heavy atom. The molecule has 2 heterocycles. The Kier molecular flexibility index (Phi) is 26.8. The quantitative estimate of drug-likeness (QED) is 0.0276. The van der Waals surface area contributed by atoms with E-state index in [1.54, 1.807) is 21.0 Å². The van der Waals surface area contributed by atoms with Crippen molar-refractivity contribution in [2.45, 2.75) is 236 Å². The number of aliphatic hydroxyl groups excluding tert-OH is 4. The van der Waals surface area contributed by atoms with E-state index in [0.717, 1.165) is 75.0 Å². The van der Waals surface area contributed by atoms with Crippen molar-refractivity contribution in [1.82, 2.24) is 0 Å². The lowest BCUT2D eigenvalue weighted by Gasteiger charge is -2.43. The highest BCUT2D eigenvalue weighted by Gasteiger charge is 2.49. The van der Waals surface area contributed by atoms with Gasteiger partial charge < -0.3 is 69.4 Å². The summed E-state index contributed by atoms with van der Waals surface area (Å²) in [5, 5.41) is 39.3. The minimum absolute atomic E-state index is 0.0863. The van der Waals surface area contributed by atoms with E-state index in [2.05, 4.69) is 59.7 Å². The molecule has 16 atom stereocenters. The van der Waals surface area contributed by atoms with Crippen LogP contribution in [0.15, 0.2) is 0 Å². The van der Waals surface area contributed by atoms with Gasteiger partial charge >= 0.3 is 34.2 Å². The van der Waals surface area contributed by atoms with E-state index in [9.17, 15) is 20.4 Å². The van der Waals surface area contributed by atoms with Crippen LogP contribution in [0.2, 0.25) is 88.6 Å². The lowest BCUT2D eigenvalue weighted by atomic mass is 9.79. The fourth-order valence-corrected chi connectivity index (χ4v) is 37.8. The molecular weight excluding hydrogens is 1010 g/mol. The van der Waals surface area contributed by atoms with E-state index in [0.29, 0.717) is 81.0 Å². The van der Waals surface area contributed by atoms with E-state index < -0.39 is 63.1 Å². The Hall–Kier alpha value is 0.701. The second-order valence-corrected chi connectivity index (χ2v) is 47.7. The van der Waals surface area contributed by atoms with Crippen molar-refractivity contribution >= 4 is 50.9 Å². The van der Waals surface area contributed by atoms with Crippen LogP contribution in [-0.2, 0) is 49.0 Å². The van der Waals surface area contributed by atoms with Crippen LogP contribution in [0, 0.1) is 29.6 Å². The number of hydrogen-bond acceptors (Lipinski definition) is 15. The van der Waals surface area contributed by atoms with E-state index in [-0.39, 0.29) is 25.1 Å². The van der Waals surface area contributed by atoms with Crippen molar-refractivity contribution in [1.29, 1.82) is 0 Å². The number of aliphatic hydroxyl groups is 4. The molecule has 2 saturated heterocycles. The molecule has 5 aliphatic rings. The van der Waals surface area contributed by atoms with Gasteiger partial charge in [-0.25, -0.2) is 0 Å². The topological polar surface area (TPSA) is 189 Å². The number of rotatable bonds is 33. The predicted molar refractivity (Wildman–Crippen MR) is 294 cm³/mol. The molecule has 0 aromatic rings. The minimum Gasteiger partial charge on any atom is -0.436 e. The Morgan fingerprint density at radius 3 is 1.41 bits per heavy atom. The summed E-state index contributed by atoms with van der Waals surface area (Å²) in [4.78, 5) is 0. The first kappa shape index (κ1) is 64.2. The molecule has 0 aromatic carbocycles. The maximum atomic E-state index is 10.3. The van der Waals surface area contributed by atoms with Crippen molar-refractivity contribution in [2.24, 2.45) is 29.6 Å². The molecule has 21 heteroatoms. The van der Waals surface area contributed by atoms with E-state index in [1.165, 1.54) is 32.1 Å². The number of fused-ring (bicyclic) bond motifs is 1. The summed E-state index contributed by atoms with van der Waals surface area (Å²) in [6, 6.07) is 5.35. The van der Waals surface area contributed by atoms with Crippen molar-refractivity contribution in [3.8, 4) is 0 Å². The first-order valence-corrected chi connectivity index (χ1v) is 44.2. The highest BCUT2D eigenvalue weighted by Crippen LogP contribution is 2.43. The minimum atomic E-state index is -2.66. The standard InChI is InChI=1S/C31H62O6Si3.C19H44O9Si3/c1-23-20-25(8-11-28(23)32)14-17-38(4,5)36-40(7,19-16-26-9-12-29(33)24(2)21-26)37-39(6,34-3)18-15-27-10-13-30-31(22-27)35-30;1-17(20)14-23-8-11-29(4,5)27-31(7,12-9-24-15-18(2)21)28-30(6,22-3)13-10-25-19-16-26-19/h23-33H,8-22H2,1-7H3;17-21H,8-16H2,1-7H3. The third kappa shape index (κ3) is 24.9. The van der Waals surface area contributed by atoms with Gasteiger partial charge in [0.15, 0.2) is 22.9 Å². The highest BCUT2D eigenvalue weighted by molar-refractivity contribution is 6.88. The lowest BCUT2D eigenvalue weighted by molar-refractivity contribution is 0.0490. The van der Waals surface area contributed by atoms with E-state index in [1.807, 2.05) is 13.7 Å². The zero-order valence-corrected chi connectivity index (χ0v) is 53.2. The highest BCUT2D eigenvalue weighted by atomic mass is 28.5. The summed E-state index contributed by atoms with van der Waals surface area (Å²) < 4.78 is 67.8. The fourth-order valence-electron chi connectivity index (χ4n) is 11.2. The van der Waals surface area contributed by atoms with Gasteiger partial charge in [-0.15, -0.1) is 0 Å². The van der Waals surface area contributed by atoms with Crippen LogP contribution >= 0.6 is 0 Å². The Labute approximate surface area is 438 Å². The summed E-state index contributed by atoms with van der Waals surface area (Å²) in [5.74, 6) is 2.91. The zero-order chi connectivity index (χ0) is 52.7. The average molecular weight is 1120 g/mol. The van der Waals surface area contributed by atoms with Gasteiger partial charge in [0, 0.05) is 39.5 Å². The van der Waals surface area contributed by atoms with Crippen LogP contribution < -0.4 is 0 Å². The van der Waals surface area contributed by atoms with Crippen LogP contribution in [0.1, 0.15) is 105 Å². The van der Waals surface area contributed by atoms with Crippen molar-refractivity contribution in [2.75, 3.05) is 53.9 Å². The molecule has 15 nitrogen and oxygen atoms in total. The summed E-state index contributed by atoms with van der Waals surface area (Å²) in [5.41, 5.74) is 0. The second-order valence-electron chi connectivity index (χ2n) is 24.6. The maximum Gasteiger partial charge on any atom is 0.328 e. The smallest absolute Gasteiger partial charge is 0.328 e. The Bertz CT molecular complexity index is 1510. The number of ether oxygens (including phenoxy) is 5. The van der Waals surface area contributed by atoms with E-state index >= 15 is 0 Å². The van der Waals surface area contributed by atoms with Gasteiger partial charge in [0.1, 0.15) is 6.61 Å². The molecule has 5 rings (SSSR count). The molecule has 0 spiro atoms. The SMILES string of the molecule is CO[Si](C)(CCC1CCC2OC2C1)O[Si](C)(CCC1CCC(O)C(C)C1)O[Si](C)(C)CCC1CCC(O)C(C)C1.CO[Si](C)(CCOC1CO1)O[Si](C)(CCOCC(C)O)O[Si](C)(C)CCOCC(C)O.